The summed E-state index contributed by atoms with van der Waals surface area (Å²) in [6, 6.07) is 10.2. The molecule has 16 heteroatoms. The molecular formula is C32H42O16. The largest absolute Gasteiger partial charge is 0.504 e. The number of fused-ring (bicyclic) bond motifs is 1. The Bertz CT molecular complexity index is 1390. The maximum absolute atomic E-state index is 11.0. The van der Waals surface area contributed by atoms with Crippen LogP contribution in [0.1, 0.15) is 23.3 Å². The van der Waals surface area contributed by atoms with E-state index >= 15 is 0 Å². The number of rotatable bonds is 10. The second-order valence-corrected chi connectivity index (χ2v) is 12.3. The molecule has 266 valence electrons. The van der Waals surface area contributed by atoms with Crippen LogP contribution >= 0.6 is 0 Å². The predicted molar refractivity (Wildman–Crippen MR) is 159 cm³/mol. The molecule has 0 saturated carbocycles. The lowest BCUT2D eigenvalue weighted by Crippen LogP contribution is -2.65. The number of aliphatic hydroxyl groups is 7. The van der Waals surface area contributed by atoms with Crippen LogP contribution in [0.25, 0.3) is 0 Å². The van der Waals surface area contributed by atoms with Gasteiger partial charge in [-0.25, -0.2) is 0 Å². The average Bonchev–Trinajstić information content (AvgIpc) is 3.71. The van der Waals surface area contributed by atoms with Crippen molar-refractivity contribution in [3.63, 3.8) is 0 Å². The molecule has 4 heterocycles. The van der Waals surface area contributed by atoms with Crippen molar-refractivity contribution in [1.82, 2.24) is 0 Å². The molecule has 4 aliphatic heterocycles. The van der Waals surface area contributed by atoms with Crippen LogP contribution in [0.3, 0.4) is 0 Å². The number of ether oxygens (including phenoxy) is 8. The monoisotopic (exact) mass is 682 g/mol. The summed E-state index contributed by atoms with van der Waals surface area (Å²) in [7, 11) is 2.91. The van der Waals surface area contributed by atoms with Crippen LogP contribution in [0.4, 0.5) is 0 Å². The molecule has 0 aliphatic carbocycles. The Hall–Kier alpha value is -2.84. The molecule has 2 aromatic carbocycles. The number of benzene rings is 2. The van der Waals surface area contributed by atoms with Crippen molar-refractivity contribution in [1.29, 1.82) is 0 Å². The summed E-state index contributed by atoms with van der Waals surface area (Å²) in [5.41, 5.74) is 1.64. The fourth-order valence-electron chi connectivity index (χ4n) is 6.82. The Labute approximate surface area is 275 Å². The van der Waals surface area contributed by atoms with Gasteiger partial charge in [0.2, 0.25) is 6.29 Å². The van der Waals surface area contributed by atoms with Gasteiger partial charge in [0, 0.05) is 11.8 Å². The number of phenols is 1. The first kappa shape index (κ1) is 35.0. The lowest BCUT2D eigenvalue weighted by Gasteiger charge is -2.45. The van der Waals surface area contributed by atoms with Crippen molar-refractivity contribution in [2.75, 3.05) is 40.6 Å². The van der Waals surface area contributed by atoms with E-state index in [0.29, 0.717) is 19.0 Å². The Morgan fingerprint density at radius 2 is 1.19 bits per heavy atom. The molecule has 6 rings (SSSR count). The Morgan fingerprint density at radius 1 is 0.646 bits per heavy atom. The fraction of sp³-hybridized carbons (Fsp3) is 0.625. The van der Waals surface area contributed by atoms with Gasteiger partial charge < -0.3 is 78.7 Å². The van der Waals surface area contributed by atoms with Crippen LogP contribution in [-0.4, -0.2) is 143 Å². The molecule has 16 nitrogen and oxygen atoms in total. The molecule has 0 bridgehead atoms. The Morgan fingerprint density at radius 3 is 1.77 bits per heavy atom. The normalized spacial score (nSPS) is 39.6. The van der Waals surface area contributed by atoms with Crippen molar-refractivity contribution in [3.8, 4) is 23.0 Å². The SMILES string of the molecule is COc1cc([C@@H]2OCC3C2CO[C@H]3c2ccc(O[C@@H]3O[C@H](CO)[C@@H](O)[C@H](O)[C@H]3O[C@@H]3O[C@H](CO)[C@@H](O)[C@H](O)[C@H]3O)c(OC)c2)ccc1O. The number of hydrogen-bond donors (Lipinski definition) is 8. The van der Waals surface area contributed by atoms with E-state index in [1.165, 1.54) is 14.2 Å². The lowest BCUT2D eigenvalue weighted by atomic mass is 9.85. The van der Waals surface area contributed by atoms with E-state index in [9.17, 15) is 40.9 Å². The van der Waals surface area contributed by atoms with E-state index < -0.39 is 74.6 Å². The second-order valence-electron chi connectivity index (χ2n) is 12.3. The lowest BCUT2D eigenvalue weighted by molar-refractivity contribution is -0.357. The van der Waals surface area contributed by atoms with Gasteiger partial charge in [-0.15, -0.1) is 0 Å². The quantitative estimate of drug-likeness (QED) is 0.142. The highest BCUT2D eigenvalue weighted by atomic mass is 16.8. The maximum atomic E-state index is 11.0. The molecule has 48 heavy (non-hydrogen) atoms. The van der Waals surface area contributed by atoms with E-state index in [2.05, 4.69) is 0 Å². The number of aliphatic hydroxyl groups excluding tert-OH is 7. The third-order valence-electron chi connectivity index (χ3n) is 9.52. The van der Waals surface area contributed by atoms with E-state index in [-0.39, 0.29) is 41.3 Å². The van der Waals surface area contributed by atoms with Crippen molar-refractivity contribution in [3.05, 3.63) is 47.5 Å². The fourth-order valence-corrected chi connectivity index (χ4v) is 6.82. The van der Waals surface area contributed by atoms with Gasteiger partial charge in [0.25, 0.3) is 0 Å². The Balaban J connectivity index is 1.20. The summed E-state index contributed by atoms with van der Waals surface area (Å²) >= 11 is 0. The molecule has 2 aromatic rings. The van der Waals surface area contributed by atoms with Crippen LogP contribution in [0, 0.1) is 11.8 Å². The highest BCUT2D eigenvalue weighted by Gasteiger charge is 2.52. The zero-order valence-corrected chi connectivity index (χ0v) is 26.2. The molecular weight excluding hydrogens is 640 g/mol. The van der Waals surface area contributed by atoms with Crippen LogP contribution < -0.4 is 14.2 Å². The number of hydrogen-bond acceptors (Lipinski definition) is 16. The summed E-state index contributed by atoms with van der Waals surface area (Å²) in [5, 5.41) is 81.8. The van der Waals surface area contributed by atoms with Gasteiger partial charge in [-0.3, -0.25) is 0 Å². The number of phenolic OH excluding ortho intramolecular Hbond substituents is 1. The van der Waals surface area contributed by atoms with Gasteiger partial charge in [0.15, 0.2) is 35.4 Å². The van der Waals surface area contributed by atoms with Gasteiger partial charge >= 0.3 is 0 Å². The first-order chi connectivity index (χ1) is 23.1. The minimum absolute atomic E-state index is 0.00575. The highest BCUT2D eigenvalue weighted by Crippen LogP contribution is 2.51. The van der Waals surface area contributed by atoms with Crippen LogP contribution in [-0.2, 0) is 23.7 Å². The molecule has 0 radical (unpaired) electrons. The van der Waals surface area contributed by atoms with Gasteiger partial charge in [0.05, 0.1) is 52.9 Å². The molecule has 14 atom stereocenters. The minimum Gasteiger partial charge on any atom is -0.504 e. The van der Waals surface area contributed by atoms with Crippen molar-refractivity contribution >= 4 is 0 Å². The van der Waals surface area contributed by atoms with E-state index in [4.69, 9.17) is 37.9 Å². The first-order valence-electron chi connectivity index (χ1n) is 15.6. The summed E-state index contributed by atoms with van der Waals surface area (Å²) in [5.74, 6) is 0.825. The molecule has 2 unspecified atom stereocenters. The molecule has 0 amide bonds. The summed E-state index contributed by atoms with van der Waals surface area (Å²) in [4.78, 5) is 0. The first-order valence-corrected chi connectivity index (χ1v) is 15.6. The van der Waals surface area contributed by atoms with Crippen molar-refractivity contribution < 1.29 is 78.7 Å². The maximum Gasteiger partial charge on any atom is 0.229 e. The zero-order valence-electron chi connectivity index (χ0n) is 26.2. The average molecular weight is 683 g/mol. The molecule has 0 spiro atoms. The summed E-state index contributed by atoms with van der Waals surface area (Å²) in [6.45, 7) is -0.529. The number of methoxy groups -OCH3 is 2. The molecule has 4 saturated heterocycles. The van der Waals surface area contributed by atoms with Crippen LogP contribution in [0.5, 0.6) is 23.0 Å². The summed E-state index contributed by atoms with van der Waals surface area (Å²) in [6.07, 6.45) is -16.5. The smallest absolute Gasteiger partial charge is 0.229 e. The van der Waals surface area contributed by atoms with Crippen molar-refractivity contribution in [2.45, 2.75) is 73.6 Å². The molecule has 0 aromatic heterocycles. The number of aromatic hydroxyl groups is 1. The standard InChI is InChI=1S/C32H42O16/c1-41-19-7-13(3-5-17(19)35)28-15-11-44-29(16(15)12-43-28)14-4-6-18(20(8-14)42-2)45-32-30(26(39)24(37)22(10-34)47-32)48-31-27(40)25(38)23(36)21(9-33)46-31/h3-8,15-16,21-40H,9-12H2,1-2H3/t15?,16?,21-,22-,23-,24-,25+,26+,27-,28+,29+,30-,31+,32-/m1/s1. The molecule has 8 N–H and O–H groups in total. The summed E-state index contributed by atoms with van der Waals surface area (Å²) < 4.78 is 46.3. The Kier molecular flexibility index (Phi) is 10.6. The van der Waals surface area contributed by atoms with Gasteiger partial charge in [0.1, 0.15) is 42.7 Å². The van der Waals surface area contributed by atoms with Gasteiger partial charge in [-0.05, 0) is 35.4 Å². The van der Waals surface area contributed by atoms with Gasteiger partial charge in [-0.2, -0.15) is 0 Å². The highest BCUT2D eigenvalue weighted by molar-refractivity contribution is 5.45. The predicted octanol–water partition coefficient (Wildman–Crippen LogP) is -1.51. The van der Waals surface area contributed by atoms with Gasteiger partial charge in [-0.1, -0.05) is 12.1 Å². The van der Waals surface area contributed by atoms with Crippen molar-refractivity contribution in [2.24, 2.45) is 11.8 Å². The third-order valence-corrected chi connectivity index (χ3v) is 9.52. The second kappa shape index (κ2) is 14.6. The van der Waals surface area contributed by atoms with E-state index in [0.717, 1.165) is 11.1 Å². The van der Waals surface area contributed by atoms with Crippen LogP contribution in [0.2, 0.25) is 0 Å². The molecule has 4 fully saturated rings. The van der Waals surface area contributed by atoms with E-state index in [1.807, 2.05) is 0 Å². The zero-order chi connectivity index (χ0) is 34.3. The minimum atomic E-state index is -1.80. The topological polar surface area (TPSA) is 236 Å². The van der Waals surface area contributed by atoms with E-state index in [1.54, 1.807) is 36.4 Å². The molecule has 4 aliphatic rings. The van der Waals surface area contributed by atoms with Crippen LogP contribution in [0.15, 0.2) is 36.4 Å². The third kappa shape index (κ3) is 6.44.